The molecule has 1 aromatic carbocycles. The first-order valence-corrected chi connectivity index (χ1v) is 7.65. The number of nitrogens with zero attached hydrogens (tertiary/aromatic N) is 2. The summed E-state index contributed by atoms with van der Waals surface area (Å²) in [6.45, 7) is 1.02. The number of carbonyl (C=O) groups is 2. The summed E-state index contributed by atoms with van der Waals surface area (Å²) >= 11 is 1.09. The molecule has 0 radical (unpaired) electrons. The van der Waals surface area contributed by atoms with Crippen LogP contribution in [0.15, 0.2) is 18.2 Å². The number of rotatable bonds is 6. The van der Waals surface area contributed by atoms with Crippen LogP contribution >= 0.6 is 11.5 Å². The third-order valence-corrected chi connectivity index (χ3v) is 4.01. The second kappa shape index (κ2) is 7.66. The van der Waals surface area contributed by atoms with Crippen molar-refractivity contribution < 1.29 is 23.6 Å². The molecule has 1 heterocycles. The monoisotopic (exact) mass is 368 g/mol. The number of amides is 1. The Morgan fingerprint density at radius 3 is 2.80 bits per heavy atom. The fraction of sp³-hybridized carbons (Fsp3) is 0.214. The van der Waals surface area contributed by atoms with E-state index in [9.17, 15) is 24.1 Å². The van der Waals surface area contributed by atoms with Gasteiger partial charge >= 0.3 is 11.7 Å². The average molecular weight is 368 g/mol. The van der Waals surface area contributed by atoms with Gasteiger partial charge in [-0.15, -0.1) is 0 Å². The molecule has 0 aliphatic carbocycles. The SMILES string of the molecule is CNc1snc(C)c1C(=O)OCC(=O)Nc1ccc(F)c([N+](=O)[O-])c1. The smallest absolute Gasteiger partial charge is 0.343 e. The highest BCUT2D eigenvalue weighted by molar-refractivity contribution is 7.10. The maximum absolute atomic E-state index is 13.2. The molecule has 2 rings (SSSR count). The number of halogens is 1. The molecule has 11 heteroatoms. The normalized spacial score (nSPS) is 10.2. The van der Waals surface area contributed by atoms with Crippen LogP contribution in [0.4, 0.5) is 20.8 Å². The Balaban J connectivity index is 1.99. The Hall–Kier alpha value is -3.08. The predicted octanol–water partition coefficient (Wildman–Crippen LogP) is 2.34. The van der Waals surface area contributed by atoms with Gasteiger partial charge in [-0.25, -0.2) is 4.79 Å². The zero-order valence-electron chi connectivity index (χ0n) is 13.2. The van der Waals surface area contributed by atoms with Crippen LogP contribution in [-0.4, -0.2) is 34.8 Å². The number of benzene rings is 1. The van der Waals surface area contributed by atoms with Crippen LogP contribution in [-0.2, 0) is 9.53 Å². The van der Waals surface area contributed by atoms with Crippen molar-refractivity contribution in [2.45, 2.75) is 6.92 Å². The molecule has 0 spiro atoms. The van der Waals surface area contributed by atoms with Gasteiger partial charge < -0.3 is 15.4 Å². The molecule has 0 atom stereocenters. The molecule has 0 unspecified atom stereocenters. The van der Waals surface area contributed by atoms with E-state index in [4.69, 9.17) is 4.74 Å². The van der Waals surface area contributed by atoms with E-state index in [1.54, 1.807) is 14.0 Å². The molecule has 9 nitrogen and oxygen atoms in total. The third kappa shape index (κ3) is 4.26. The number of nitro groups is 1. The minimum absolute atomic E-state index is 0.0124. The first kappa shape index (κ1) is 18.3. The quantitative estimate of drug-likeness (QED) is 0.455. The molecule has 25 heavy (non-hydrogen) atoms. The Labute approximate surface area is 145 Å². The van der Waals surface area contributed by atoms with E-state index in [1.807, 2.05) is 0 Å². The molecular weight excluding hydrogens is 355 g/mol. The lowest BCUT2D eigenvalue weighted by atomic mass is 10.2. The van der Waals surface area contributed by atoms with Gasteiger partial charge in [-0.2, -0.15) is 8.76 Å². The summed E-state index contributed by atoms with van der Waals surface area (Å²) in [7, 11) is 1.62. The zero-order chi connectivity index (χ0) is 18.6. The van der Waals surface area contributed by atoms with Gasteiger partial charge in [0.15, 0.2) is 6.61 Å². The van der Waals surface area contributed by atoms with Gasteiger partial charge in [0.1, 0.15) is 10.6 Å². The van der Waals surface area contributed by atoms with Gasteiger partial charge in [0, 0.05) is 18.8 Å². The standard InChI is InChI=1S/C14H13FN4O5S/c1-7-12(13(16-2)25-18-7)14(21)24-6-11(20)17-8-3-4-9(15)10(5-8)19(22)23/h3-5,16H,6H2,1-2H3,(H,17,20). The molecule has 0 aliphatic rings. The molecule has 0 fully saturated rings. The Morgan fingerprint density at radius 1 is 1.44 bits per heavy atom. The molecule has 2 aromatic rings. The second-order valence-electron chi connectivity index (χ2n) is 4.77. The van der Waals surface area contributed by atoms with Gasteiger partial charge in [0.25, 0.3) is 5.91 Å². The Morgan fingerprint density at radius 2 is 2.16 bits per heavy atom. The number of ether oxygens (including phenoxy) is 1. The fourth-order valence-corrected chi connectivity index (χ4v) is 2.64. The van der Waals surface area contributed by atoms with Crippen molar-refractivity contribution in [1.29, 1.82) is 0 Å². The van der Waals surface area contributed by atoms with Crippen molar-refractivity contribution in [2.24, 2.45) is 0 Å². The largest absolute Gasteiger partial charge is 0.452 e. The number of aryl methyl sites for hydroxylation is 1. The number of hydrogen-bond donors (Lipinski definition) is 2. The number of carbonyl (C=O) groups excluding carboxylic acids is 2. The van der Waals surface area contributed by atoms with Crippen LogP contribution in [0.5, 0.6) is 0 Å². The summed E-state index contributed by atoms with van der Waals surface area (Å²) in [5.74, 6) is -2.47. The summed E-state index contributed by atoms with van der Waals surface area (Å²) in [6, 6.07) is 2.90. The maximum atomic E-state index is 13.2. The first-order valence-electron chi connectivity index (χ1n) is 6.88. The highest BCUT2D eigenvalue weighted by atomic mass is 32.1. The molecule has 0 bridgehead atoms. The summed E-state index contributed by atoms with van der Waals surface area (Å²) in [5, 5.41) is 16.3. The molecular formula is C14H13FN4O5S. The Kier molecular flexibility index (Phi) is 5.60. The van der Waals surface area contributed by atoms with Crippen molar-refractivity contribution in [3.8, 4) is 0 Å². The molecule has 0 saturated carbocycles. The van der Waals surface area contributed by atoms with Crippen LogP contribution in [0.3, 0.4) is 0 Å². The van der Waals surface area contributed by atoms with E-state index in [0.29, 0.717) is 10.7 Å². The highest BCUT2D eigenvalue weighted by Gasteiger charge is 2.20. The van der Waals surface area contributed by atoms with E-state index >= 15 is 0 Å². The van der Waals surface area contributed by atoms with Crippen LogP contribution < -0.4 is 10.6 Å². The summed E-state index contributed by atoms with van der Waals surface area (Å²) in [4.78, 5) is 33.6. The molecule has 1 aromatic heterocycles. The number of aromatic nitrogens is 1. The molecule has 0 aliphatic heterocycles. The predicted molar refractivity (Wildman–Crippen MR) is 88.4 cm³/mol. The van der Waals surface area contributed by atoms with Gasteiger partial charge in [0.2, 0.25) is 5.82 Å². The van der Waals surface area contributed by atoms with Crippen molar-refractivity contribution in [1.82, 2.24) is 4.37 Å². The van der Waals surface area contributed by atoms with Crippen LogP contribution in [0, 0.1) is 22.9 Å². The second-order valence-corrected chi connectivity index (χ2v) is 5.54. The number of anilines is 2. The minimum Gasteiger partial charge on any atom is -0.452 e. The number of esters is 1. The van der Waals surface area contributed by atoms with Gasteiger partial charge in [-0.1, -0.05) is 0 Å². The number of hydrogen-bond acceptors (Lipinski definition) is 8. The lowest BCUT2D eigenvalue weighted by molar-refractivity contribution is -0.387. The van der Waals surface area contributed by atoms with Gasteiger partial charge in [-0.3, -0.25) is 14.9 Å². The van der Waals surface area contributed by atoms with Crippen LogP contribution in [0.1, 0.15) is 16.1 Å². The fourth-order valence-electron chi connectivity index (χ4n) is 1.91. The Bertz CT molecular complexity index is 839. The van der Waals surface area contributed by atoms with Crippen LogP contribution in [0.25, 0.3) is 0 Å². The number of nitro benzene ring substituents is 1. The minimum atomic E-state index is -1.02. The molecule has 2 N–H and O–H groups in total. The lowest BCUT2D eigenvalue weighted by Gasteiger charge is -2.07. The maximum Gasteiger partial charge on any atom is 0.343 e. The van der Waals surface area contributed by atoms with Gasteiger partial charge in [-0.05, 0) is 30.6 Å². The highest BCUT2D eigenvalue weighted by Crippen LogP contribution is 2.25. The van der Waals surface area contributed by atoms with E-state index < -0.39 is 34.9 Å². The molecule has 1 amide bonds. The summed E-state index contributed by atoms with van der Waals surface area (Å²) in [6.07, 6.45) is 0. The summed E-state index contributed by atoms with van der Waals surface area (Å²) < 4.78 is 22.2. The number of nitrogens with one attached hydrogen (secondary N) is 2. The van der Waals surface area contributed by atoms with E-state index in [1.165, 1.54) is 0 Å². The van der Waals surface area contributed by atoms with E-state index in [0.717, 1.165) is 29.7 Å². The lowest BCUT2D eigenvalue weighted by Crippen LogP contribution is -2.21. The average Bonchev–Trinajstić information content (AvgIpc) is 2.95. The molecule has 0 saturated heterocycles. The van der Waals surface area contributed by atoms with E-state index in [-0.39, 0.29) is 11.3 Å². The third-order valence-electron chi connectivity index (χ3n) is 3.05. The van der Waals surface area contributed by atoms with Crippen molar-refractivity contribution in [3.63, 3.8) is 0 Å². The van der Waals surface area contributed by atoms with Crippen molar-refractivity contribution in [3.05, 3.63) is 45.4 Å². The molecule has 132 valence electrons. The zero-order valence-corrected chi connectivity index (χ0v) is 14.0. The van der Waals surface area contributed by atoms with Crippen LogP contribution in [0.2, 0.25) is 0 Å². The summed E-state index contributed by atoms with van der Waals surface area (Å²) in [5.41, 5.74) is -0.0569. The topological polar surface area (TPSA) is 123 Å². The first-order chi connectivity index (χ1) is 11.8. The van der Waals surface area contributed by atoms with E-state index in [2.05, 4.69) is 15.0 Å². The van der Waals surface area contributed by atoms with Crippen molar-refractivity contribution in [2.75, 3.05) is 24.3 Å². The van der Waals surface area contributed by atoms with Crippen molar-refractivity contribution >= 4 is 39.8 Å². The van der Waals surface area contributed by atoms with Gasteiger partial charge in [0.05, 0.1) is 10.6 Å².